The fraction of sp³-hybridized carbons (Fsp3) is 0.381. The largest absolute Gasteiger partial charge is 0.497 e. The lowest BCUT2D eigenvalue weighted by Crippen LogP contribution is -2.48. The molecule has 150 valence electrons. The van der Waals surface area contributed by atoms with Crippen molar-refractivity contribution in [3.63, 3.8) is 0 Å². The third-order valence-electron chi connectivity index (χ3n) is 4.65. The quantitative estimate of drug-likeness (QED) is 0.707. The zero-order valence-corrected chi connectivity index (χ0v) is 17.3. The minimum absolute atomic E-state index is 0.00533. The smallest absolute Gasteiger partial charge is 0.240 e. The molecule has 0 radical (unpaired) electrons. The molecule has 0 heterocycles. The number of nitrogens with two attached hydrogens (primary N) is 1. The van der Waals surface area contributed by atoms with Crippen LogP contribution < -0.4 is 15.8 Å². The summed E-state index contributed by atoms with van der Waals surface area (Å²) in [5, 5.41) is 4.63. The summed E-state index contributed by atoms with van der Waals surface area (Å²) >= 11 is 1.15. The van der Waals surface area contributed by atoms with Crippen LogP contribution in [0.2, 0.25) is 0 Å². The standard InChI is InChI=1S/C21H26N2O4S/c1-12(19(20(22)25)23-14(3)24)11-28-21(26)13(2)15-5-6-17-10-18(27-4)8-7-16(17)9-15/h5-10,12-13,19H,11H2,1-4H3,(H2,22,25)(H,23,24). The number of hydrogen-bond donors (Lipinski definition) is 2. The van der Waals surface area contributed by atoms with Crippen LogP contribution in [0.3, 0.4) is 0 Å². The summed E-state index contributed by atoms with van der Waals surface area (Å²) in [5.74, 6) is -0.302. The summed E-state index contributed by atoms with van der Waals surface area (Å²) in [4.78, 5) is 35.4. The number of thioether (sulfide) groups is 1. The number of ether oxygens (including phenoxy) is 1. The second kappa shape index (κ2) is 9.59. The minimum Gasteiger partial charge on any atom is -0.497 e. The molecule has 2 rings (SSSR count). The van der Waals surface area contributed by atoms with Gasteiger partial charge >= 0.3 is 0 Å². The van der Waals surface area contributed by atoms with E-state index in [9.17, 15) is 14.4 Å². The van der Waals surface area contributed by atoms with E-state index in [0.29, 0.717) is 5.75 Å². The van der Waals surface area contributed by atoms with E-state index in [1.165, 1.54) is 6.92 Å². The number of hydrogen-bond acceptors (Lipinski definition) is 5. The molecule has 2 aromatic rings. The highest BCUT2D eigenvalue weighted by Gasteiger charge is 2.25. The molecule has 0 aliphatic carbocycles. The maximum atomic E-state index is 12.6. The van der Waals surface area contributed by atoms with E-state index in [1.807, 2.05) is 43.3 Å². The van der Waals surface area contributed by atoms with Gasteiger partial charge in [-0.05, 0) is 34.4 Å². The normalized spacial score (nSPS) is 14.1. The van der Waals surface area contributed by atoms with Crippen LogP contribution in [-0.2, 0) is 14.4 Å². The van der Waals surface area contributed by atoms with Crippen molar-refractivity contribution in [3.05, 3.63) is 42.0 Å². The van der Waals surface area contributed by atoms with Crippen LogP contribution in [0.1, 0.15) is 32.3 Å². The lowest BCUT2D eigenvalue weighted by molar-refractivity contribution is -0.127. The molecule has 0 spiro atoms. The van der Waals surface area contributed by atoms with Crippen molar-refractivity contribution < 1.29 is 19.1 Å². The van der Waals surface area contributed by atoms with Crippen molar-refractivity contribution in [2.45, 2.75) is 32.7 Å². The van der Waals surface area contributed by atoms with E-state index >= 15 is 0 Å². The molecule has 0 saturated heterocycles. The number of rotatable bonds is 8. The van der Waals surface area contributed by atoms with E-state index in [1.54, 1.807) is 14.0 Å². The van der Waals surface area contributed by atoms with Crippen LogP contribution in [-0.4, -0.2) is 35.8 Å². The van der Waals surface area contributed by atoms with Gasteiger partial charge in [0.1, 0.15) is 11.8 Å². The monoisotopic (exact) mass is 402 g/mol. The van der Waals surface area contributed by atoms with Gasteiger partial charge in [0.25, 0.3) is 0 Å². The lowest BCUT2D eigenvalue weighted by atomic mass is 9.98. The highest BCUT2D eigenvalue weighted by molar-refractivity contribution is 8.13. The Morgan fingerprint density at radius 3 is 2.36 bits per heavy atom. The summed E-state index contributed by atoms with van der Waals surface area (Å²) in [6.07, 6.45) is 0. The highest BCUT2D eigenvalue weighted by Crippen LogP contribution is 2.28. The number of amides is 2. The Balaban J connectivity index is 2.04. The first kappa shape index (κ1) is 21.8. The fourth-order valence-electron chi connectivity index (χ4n) is 2.92. The van der Waals surface area contributed by atoms with Crippen molar-refractivity contribution in [2.75, 3.05) is 12.9 Å². The summed E-state index contributed by atoms with van der Waals surface area (Å²) in [5.41, 5.74) is 6.29. The van der Waals surface area contributed by atoms with Crippen LogP contribution >= 0.6 is 11.8 Å². The van der Waals surface area contributed by atoms with Gasteiger partial charge in [-0.2, -0.15) is 0 Å². The molecule has 2 aromatic carbocycles. The molecule has 0 fully saturated rings. The van der Waals surface area contributed by atoms with Crippen LogP contribution in [0.25, 0.3) is 10.8 Å². The van der Waals surface area contributed by atoms with Crippen LogP contribution in [0.4, 0.5) is 0 Å². The van der Waals surface area contributed by atoms with Crippen LogP contribution in [0.5, 0.6) is 5.75 Å². The van der Waals surface area contributed by atoms with Crippen molar-refractivity contribution in [3.8, 4) is 5.75 Å². The second-order valence-corrected chi connectivity index (χ2v) is 7.91. The Morgan fingerprint density at radius 1 is 1.11 bits per heavy atom. The number of benzene rings is 2. The Bertz CT molecular complexity index is 884. The van der Waals surface area contributed by atoms with Crippen molar-refractivity contribution >= 4 is 39.5 Å². The average Bonchev–Trinajstić information content (AvgIpc) is 2.68. The molecule has 0 aliphatic rings. The Hall–Kier alpha value is -2.54. The van der Waals surface area contributed by atoms with Gasteiger partial charge in [-0.25, -0.2) is 0 Å². The molecular weight excluding hydrogens is 376 g/mol. The highest BCUT2D eigenvalue weighted by atomic mass is 32.2. The lowest BCUT2D eigenvalue weighted by Gasteiger charge is -2.21. The zero-order chi connectivity index (χ0) is 20.8. The van der Waals surface area contributed by atoms with Gasteiger partial charge in [0, 0.05) is 12.7 Å². The maximum Gasteiger partial charge on any atom is 0.240 e. The van der Waals surface area contributed by atoms with Gasteiger partial charge in [0.2, 0.25) is 11.8 Å². The molecule has 3 unspecified atom stereocenters. The molecule has 0 aromatic heterocycles. The molecule has 0 aliphatic heterocycles. The number of methoxy groups -OCH3 is 1. The first-order chi connectivity index (χ1) is 13.2. The molecule has 7 heteroatoms. The van der Waals surface area contributed by atoms with Gasteiger partial charge < -0.3 is 15.8 Å². The minimum atomic E-state index is -0.788. The van der Waals surface area contributed by atoms with E-state index in [4.69, 9.17) is 10.5 Å². The van der Waals surface area contributed by atoms with E-state index in [2.05, 4.69) is 5.32 Å². The Kier molecular flexibility index (Phi) is 7.45. The Labute approximate surface area is 169 Å². The van der Waals surface area contributed by atoms with Crippen molar-refractivity contribution in [1.82, 2.24) is 5.32 Å². The number of primary amides is 1. The summed E-state index contributed by atoms with van der Waals surface area (Å²) in [6.45, 7) is 4.99. The number of carbonyl (C=O) groups is 3. The topological polar surface area (TPSA) is 98.5 Å². The van der Waals surface area contributed by atoms with E-state index in [-0.39, 0.29) is 22.9 Å². The molecule has 6 nitrogen and oxygen atoms in total. The molecule has 3 atom stereocenters. The molecular formula is C21H26N2O4S. The summed E-state index contributed by atoms with van der Waals surface area (Å²) in [7, 11) is 1.63. The van der Waals surface area contributed by atoms with Crippen molar-refractivity contribution in [2.24, 2.45) is 11.7 Å². The molecule has 28 heavy (non-hydrogen) atoms. The van der Waals surface area contributed by atoms with E-state index < -0.39 is 11.9 Å². The average molecular weight is 403 g/mol. The molecule has 2 amide bonds. The Morgan fingerprint density at radius 2 is 1.75 bits per heavy atom. The first-order valence-corrected chi connectivity index (χ1v) is 10.0. The van der Waals surface area contributed by atoms with Crippen molar-refractivity contribution in [1.29, 1.82) is 0 Å². The van der Waals surface area contributed by atoms with Crippen LogP contribution in [0, 0.1) is 5.92 Å². The summed E-state index contributed by atoms with van der Waals surface area (Å²) in [6, 6.07) is 10.9. The van der Waals surface area contributed by atoms with Crippen LogP contribution in [0.15, 0.2) is 36.4 Å². The predicted octanol–water partition coefficient (Wildman–Crippen LogP) is 2.84. The number of nitrogens with one attached hydrogen (secondary N) is 1. The van der Waals surface area contributed by atoms with Gasteiger partial charge in [-0.1, -0.05) is 49.9 Å². The van der Waals surface area contributed by atoms with E-state index in [0.717, 1.165) is 33.8 Å². The number of fused-ring (bicyclic) bond motifs is 1. The predicted molar refractivity (Wildman–Crippen MR) is 112 cm³/mol. The van der Waals surface area contributed by atoms with Gasteiger partial charge in [0.05, 0.1) is 13.0 Å². The summed E-state index contributed by atoms with van der Waals surface area (Å²) < 4.78 is 5.24. The number of carbonyl (C=O) groups excluding carboxylic acids is 3. The molecule has 0 bridgehead atoms. The third kappa shape index (κ3) is 5.48. The van der Waals surface area contributed by atoms with Gasteiger partial charge in [-0.3, -0.25) is 14.4 Å². The van der Waals surface area contributed by atoms with Gasteiger partial charge in [-0.15, -0.1) is 0 Å². The maximum absolute atomic E-state index is 12.6. The second-order valence-electron chi connectivity index (χ2n) is 6.88. The SMILES string of the molecule is COc1ccc2cc(C(C)C(=O)SCC(C)C(NC(C)=O)C(N)=O)ccc2c1. The fourth-order valence-corrected chi connectivity index (χ4v) is 3.93. The third-order valence-corrected chi connectivity index (χ3v) is 5.98. The van der Waals surface area contributed by atoms with Gasteiger partial charge in [0.15, 0.2) is 5.12 Å². The molecule has 0 saturated carbocycles. The first-order valence-electron chi connectivity index (χ1n) is 9.03. The molecule has 3 N–H and O–H groups in total. The zero-order valence-electron chi connectivity index (χ0n) is 16.5.